The van der Waals surface area contributed by atoms with Crippen LogP contribution in [0.2, 0.25) is 0 Å². The number of amides is 1. The van der Waals surface area contributed by atoms with Crippen molar-refractivity contribution in [2.45, 2.75) is 19.4 Å². The number of aromatic nitrogens is 3. The van der Waals surface area contributed by atoms with E-state index >= 15 is 0 Å². The zero-order chi connectivity index (χ0) is 17.7. The van der Waals surface area contributed by atoms with Gasteiger partial charge in [-0.15, -0.1) is 11.3 Å². The van der Waals surface area contributed by atoms with Crippen LogP contribution in [-0.2, 0) is 24.8 Å². The van der Waals surface area contributed by atoms with Crippen LogP contribution in [0.3, 0.4) is 0 Å². The van der Waals surface area contributed by atoms with Crippen molar-refractivity contribution in [3.8, 4) is 0 Å². The van der Waals surface area contributed by atoms with Crippen LogP contribution in [0.4, 0.5) is 5.82 Å². The Kier molecular flexibility index (Phi) is 3.70. The van der Waals surface area contributed by atoms with E-state index in [1.165, 1.54) is 10.4 Å². The molecule has 3 aromatic rings. The molecule has 2 aliphatic heterocycles. The Balaban J connectivity index is 1.33. The molecule has 7 heteroatoms. The Morgan fingerprint density at radius 1 is 1.27 bits per heavy atom. The van der Waals surface area contributed by atoms with Crippen LogP contribution in [-0.4, -0.2) is 45.0 Å². The molecule has 6 nitrogen and oxygen atoms in total. The van der Waals surface area contributed by atoms with Crippen molar-refractivity contribution in [2.75, 3.05) is 24.5 Å². The molecule has 0 spiro atoms. The zero-order valence-electron chi connectivity index (χ0n) is 14.8. The highest BCUT2D eigenvalue weighted by atomic mass is 32.1. The smallest absolute Gasteiger partial charge is 0.227 e. The molecule has 1 amide bonds. The minimum absolute atomic E-state index is 0.0592. The molecule has 0 bridgehead atoms. The molecule has 0 saturated carbocycles. The molecule has 1 saturated heterocycles. The van der Waals surface area contributed by atoms with Gasteiger partial charge in [0.2, 0.25) is 5.91 Å². The average molecular weight is 367 g/mol. The van der Waals surface area contributed by atoms with E-state index in [4.69, 9.17) is 0 Å². The lowest BCUT2D eigenvalue weighted by molar-refractivity contribution is -0.135. The number of rotatable bonds is 2. The molecule has 5 heterocycles. The second-order valence-corrected chi connectivity index (χ2v) is 8.17. The Bertz CT molecular complexity index is 977. The van der Waals surface area contributed by atoms with Gasteiger partial charge in [-0.2, -0.15) is 0 Å². The number of hydrogen-bond donors (Lipinski definition) is 0. The first kappa shape index (κ1) is 15.8. The molecule has 26 heavy (non-hydrogen) atoms. The Hall–Kier alpha value is -2.41. The molecular formula is C19H21N5OS. The summed E-state index contributed by atoms with van der Waals surface area (Å²) >= 11 is 1.81. The van der Waals surface area contributed by atoms with Crippen molar-refractivity contribution in [3.63, 3.8) is 0 Å². The summed E-state index contributed by atoms with van der Waals surface area (Å²) in [5.41, 5.74) is 2.26. The van der Waals surface area contributed by atoms with Crippen LogP contribution in [0.25, 0.3) is 11.0 Å². The minimum atomic E-state index is 0.0592. The summed E-state index contributed by atoms with van der Waals surface area (Å²) in [6.07, 6.45) is 5.51. The van der Waals surface area contributed by atoms with Gasteiger partial charge in [-0.3, -0.25) is 4.79 Å². The Morgan fingerprint density at radius 2 is 2.19 bits per heavy atom. The van der Waals surface area contributed by atoms with Crippen LogP contribution < -0.4 is 4.90 Å². The van der Waals surface area contributed by atoms with Gasteiger partial charge in [0.05, 0.1) is 11.3 Å². The molecule has 0 aromatic carbocycles. The molecule has 1 atom stereocenters. The summed E-state index contributed by atoms with van der Waals surface area (Å²) in [4.78, 5) is 27.6. The minimum Gasteiger partial charge on any atom is -0.355 e. The summed E-state index contributed by atoms with van der Waals surface area (Å²) in [5.74, 6) is 1.30. The summed E-state index contributed by atoms with van der Waals surface area (Å²) in [6, 6.07) is 4.22. The number of carbonyl (C=O) groups excluding carboxylic acids is 1. The fraction of sp³-hybridized carbons (Fsp3) is 0.421. The largest absolute Gasteiger partial charge is 0.355 e. The Morgan fingerprint density at radius 3 is 3.12 bits per heavy atom. The summed E-state index contributed by atoms with van der Waals surface area (Å²) in [5, 5.41) is 3.19. The van der Waals surface area contributed by atoms with E-state index in [0.717, 1.165) is 55.9 Å². The molecule has 1 unspecified atom stereocenters. The third-order valence-corrected chi connectivity index (χ3v) is 6.62. The molecule has 0 radical (unpaired) electrons. The first-order chi connectivity index (χ1) is 12.7. The quantitative estimate of drug-likeness (QED) is 0.698. The lowest BCUT2D eigenvalue weighted by Crippen LogP contribution is -2.40. The van der Waals surface area contributed by atoms with E-state index < -0.39 is 0 Å². The van der Waals surface area contributed by atoms with Gasteiger partial charge in [-0.05, 0) is 35.9 Å². The van der Waals surface area contributed by atoms with Crippen molar-refractivity contribution in [2.24, 2.45) is 13.0 Å². The summed E-state index contributed by atoms with van der Waals surface area (Å²) in [7, 11) is 1.99. The lowest BCUT2D eigenvalue weighted by atomic mass is 10.0. The van der Waals surface area contributed by atoms with E-state index in [2.05, 4.69) is 32.4 Å². The van der Waals surface area contributed by atoms with Gasteiger partial charge >= 0.3 is 0 Å². The first-order valence-electron chi connectivity index (χ1n) is 9.06. The van der Waals surface area contributed by atoms with Crippen LogP contribution in [0, 0.1) is 5.92 Å². The third-order valence-electron chi connectivity index (χ3n) is 5.60. The standard InChI is InChI=1S/C19H21N5OS/c1-22-6-3-15-17(22)20-12-21-18(15)23-7-2-14(11-23)19(25)24-8-4-16-13(10-24)5-9-26-16/h3,5-6,9,12,14H,2,4,7-8,10-11H2,1H3. The van der Waals surface area contributed by atoms with Gasteiger partial charge in [-0.25, -0.2) is 9.97 Å². The fourth-order valence-electron chi connectivity index (χ4n) is 4.17. The zero-order valence-corrected chi connectivity index (χ0v) is 15.6. The van der Waals surface area contributed by atoms with Gasteiger partial charge in [0.15, 0.2) is 0 Å². The summed E-state index contributed by atoms with van der Waals surface area (Å²) < 4.78 is 2.01. The maximum Gasteiger partial charge on any atom is 0.227 e. The van der Waals surface area contributed by atoms with Gasteiger partial charge in [0.1, 0.15) is 17.8 Å². The molecular weight excluding hydrogens is 346 g/mol. The highest BCUT2D eigenvalue weighted by Crippen LogP contribution is 2.31. The van der Waals surface area contributed by atoms with Crippen LogP contribution in [0.1, 0.15) is 16.9 Å². The SMILES string of the molecule is Cn1ccc2c(N3CCC(C(=O)N4CCc5sccc5C4)C3)ncnc21. The molecule has 0 N–H and O–H groups in total. The highest BCUT2D eigenvalue weighted by molar-refractivity contribution is 7.10. The van der Waals surface area contributed by atoms with Crippen LogP contribution >= 0.6 is 11.3 Å². The number of hydrogen-bond acceptors (Lipinski definition) is 5. The van der Waals surface area contributed by atoms with Crippen molar-refractivity contribution in [1.82, 2.24) is 19.4 Å². The topological polar surface area (TPSA) is 54.3 Å². The highest BCUT2D eigenvalue weighted by Gasteiger charge is 2.34. The van der Waals surface area contributed by atoms with Gasteiger partial charge in [0, 0.05) is 44.3 Å². The molecule has 1 fully saturated rings. The van der Waals surface area contributed by atoms with Gasteiger partial charge < -0.3 is 14.4 Å². The van der Waals surface area contributed by atoms with Crippen molar-refractivity contribution < 1.29 is 4.79 Å². The van der Waals surface area contributed by atoms with E-state index in [1.54, 1.807) is 6.33 Å². The van der Waals surface area contributed by atoms with Crippen molar-refractivity contribution >= 4 is 34.1 Å². The number of nitrogens with zero attached hydrogens (tertiary/aromatic N) is 5. The van der Waals surface area contributed by atoms with Gasteiger partial charge in [-0.1, -0.05) is 0 Å². The average Bonchev–Trinajstić information content (AvgIpc) is 3.40. The fourth-order valence-corrected chi connectivity index (χ4v) is 5.06. The van der Waals surface area contributed by atoms with E-state index in [1.807, 2.05) is 34.0 Å². The van der Waals surface area contributed by atoms with Crippen LogP contribution in [0.15, 0.2) is 30.0 Å². The van der Waals surface area contributed by atoms with Crippen LogP contribution in [0.5, 0.6) is 0 Å². The number of fused-ring (bicyclic) bond motifs is 2. The predicted molar refractivity (Wildman–Crippen MR) is 102 cm³/mol. The van der Waals surface area contributed by atoms with Crippen molar-refractivity contribution in [3.05, 3.63) is 40.5 Å². The van der Waals surface area contributed by atoms with E-state index in [0.29, 0.717) is 5.91 Å². The predicted octanol–water partition coefficient (Wildman–Crippen LogP) is 2.44. The third kappa shape index (κ3) is 2.49. The molecule has 2 aliphatic rings. The number of anilines is 1. The molecule has 0 aliphatic carbocycles. The molecule has 134 valence electrons. The number of thiophene rings is 1. The molecule has 5 rings (SSSR count). The van der Waals surface area contributed by atoms with E-state index in [-0.39, 0.29) is 5.92 Å². The lowest BCUT2D eigenvalue weighted by Gasteiger charge is -2.29. The maximum atomic E-state index is 13.0. The second-order valence-electron chi connectivity index (χ2n) is 7.17. The maximum absolute atomic E-state index is 13.0. The van der Waals surface area contributed by atoms with Crippen molar-refractivity contribution in [1.29, 1.82) is 0 Å². The second kappa shape index (κ2) is 6.09. The molecule has 3 aromatic heterocycles. The number of carbonyl (C=O) groups is 1. The Labute approximate surface area is 156 Å². The number of aryl methyl sites for hydroxylation is 1. The summed E-state index contributed by atoms with van der Waals surface area (Å²) in [6.45, 7) is 3.23. The van der Waals surface area contributed by atoms with Gasteiger partial charge in [0.25, 0.3) is 0 Å². The van der Waals surface area contributed by atoms with E-state index in [9.17, 15) is 4.79 Å². The first-order valence-corrected chi connectivity index (χ1v) is 9.93. The normalized spacial score (nSPS) is 20.0. The monoisotopic (exact) mass is 367 g/mol.